The molecule has 2 rings (SSSR count). The fourth-order valence-corrected chi connectivity index (χ4v) is 2.15. The summed E-state index contributed by atoms with van der Waals surface area (Å²) in [6, 6.07) is 1.97. The number of halogens is 2. The van der Waals surface area contributed by atoms with Gasteiger partial charge >= 0.3 is 0 Å². The molecule has 5 heteroatoms. The lowest BCUT2D eigenvalue weighted by atomic mass is 9.89. The fraction of sp³-hybridized carbons (Fsp3) is 0.545. The highest BCUT2D eigenvalue weighted by molar-refractivity contribution is 5.85. The Bertz CT molecular complexity index is 325. The van der Waals surface area contributed by atoms with Crippen molar-refractivity contribution in [1.29, 1.82) is 0 Å². The number of anilines is 1. The molecular formula is C11H19Cl2N3. The van der Waals surface area contributed by atoms with Crippen LogP contribution in [0.3, 0.4) is 0 Å². The molecule has 0 atom stereocenters. The lowest BCUT2D eigenvalue weighted by Crippen LogP contribution is -2.27. The van der Waals surface area contributed by atoms with E-state index in [-0.39, 0.29) is 24.8 Å². The minimum atomic E-state index is 0. The molecule has 3 N–H and O–H groups in total. The van der Waals surface area contributed by atoms with E-state index in [1.165, 1.54) is 24.0 Å². The Morgan fingerprint density at radius 2 is 1.94 bits per heavy atom. The van der Waals surface area contributed by atoms with Crippen LogP contribution in [0.4, 0.5) is 5.82 Å². The summed E-state index contributed by atoms with van der Waals surface area (Å²) in [4.78, 5) is 4.17. The molecule has 0 aromatic carbocycles. The maximum Gasteiger partial charge on any atom is 0.123 e. The predicted octanol–water partition coefficient (Wildman–Crippen LogP) is 2.28. The van der Waals surface area contributed by atoms with Gasteiger partial charge in [-0.05, 0) is 56.0 Å². The van der Waals surface area contributed by atoms with E-state index in [0.29, 0.717) is 11.7 Å². The lowest BCUT2D eigenvalue weighted by molar-refractivity contribution is 0.458. The predicted molar refractivity (Wildman–Crippen MR) is 72.7 cm³/mol. The van der Waals surface area contributed by atoms with Crippen LogP contribution in [0.15, 0.2) is 12.3 Å². The van der Waals surface area contributed by atoms with Crippen molar-refractivity contribution < 1.29 is 0 Å². The molecule has 1 saturated heterocycles. The molecule has 2 heterocycles. The molecule has 0 radical (unpaired) electrons. The van der Waals surface area contributed by atoms with Gasteiger partial charge < -0.3 is 11.1 Å². The highest BCUT2D eigenvalue weighted by atomic mass is 35.5. The molecule has 0 unspecified atom stereocenters. The molecule has 1 aliphatic rings. The van der Waals surface area contributed by atoms with Crippen molar-refractivity contribution in [3.05, 3.63) is 23.4 Å². The number of piperidine rings is 1. The second-order valence-electron chi connectivity index (χ2n) is 3.99. The van der Waals surface area contributed by atoms with Crippen molar-refractivity contribution in [3.8, 4) is 0 Å². The van der Waals surface area contributed by atoms with Gasteiger partial charge in [0.15, 0.2) is 0 Å². The molecule has 0 bridgehead atoms. The normalized spacial score (nSPS) is 16.1. The summed E-state index contributed by atoms with van der Waals surface area (Å²) in [7, 11) is 0. The molecule has 0 spiro atoms. The average molecular weight is 264 g/mol. The molecule has 1 aromatic rings. The van der Waals surface area contributed by atoms with Gasteiger partial charge in [-0.1, -0.05) is 0 Å². The molecule has 0 amide bonds. The summed E-state index contributed by atoms with van der Waals surface area (Å²) in [5.41, 5.74) is 8.29. The van der Waals surface area contributed by atoms with Crippen LogP contribution in [0, 0.1) is 6.92 Å². The van der Waals surface area contributed by atoms with Gasteiger partial charge in [0.25, 0.3) is 0 Å². The molecule has 16 heavy (non-hydrogen) atoms. The highest BCUT2D eigenvalue weighted by Gasteiger charge is 2.17. The van der Waals surface area contributed by atoms with E-state index in [9.17, 15) is 0 Å². The maximum absolute atomic E-state index is 5.63. The van der Waals surface area contributed by atoms with E-state index >= 15 is 0 Å². The lowest BCUT2D eigenvalue weighted by Gasteiger charge is -2.24. The Labute approximate surface area is 109 Å². The van der Waals surface area contributed by atoms with Crippen LogP contribution >= 0.6 is 24.8 Å². The van der Waals surface area contributed by atoms with Crippen LogP contribution in [0.1, 0.15) is 29.9 Å². The molecule has 1 aliphatic heterocycles. The summed E-state index contributed by atoms with van der Waals surface area (Å²) in [5.74, 6) is 1.30. The Balaban J connectivity index is 0.00000112. The quantitative estimate of drug-likeness (QED) is 0.818. The SMILES string of the molecule is Cc1cc(N)ncc1C1CCNCC1.Cl.Cl. The first-order chi connectivity index (χ1) is 6.77. The summed E-state index contributed by atoms with van der Waals surface area (Å²) in [6.07, 6.45) is 4.37. The number of pyridine rings is 1. The first-order valence-electron chi connectivity index (χ1n) is 5.20. The van der Waals surface area contributed by atoms with Crippen LogP contribution in [0.5, 0.6) is 0 Å². The Kier molecular flexibility index (Phi) is 6.72. The van der Waals surface area contributed by atoms with Crippen molar-refractivity contribution in [2.75, 3.05) is 18.8 Å². The van der Waals surface area contributed by atoms with Crippen molar-refractivity contribution in [2.24, 2.45) is 0 Å². The van der Waals surface area contributed by atoms with E-state index < -0.39 is 0 Å². The first-order valence-corrected chi connectivity index (χ1v) is 5.20. The first kappa shape index (κ1) is 15.5. The summed E-state index contributed by atoms with van der Waals surface area (Å²) in [5, 5.41) is 3.37. The van der Waals surface area contributed by atoms with E-state index in [2.05, 4.69) is 17.2 Å². The smallest absolute Gasteiger partial charge is 0.123 e. The number of hydrogen-bond donors (Lipinski definition) is 2. The second kappa shape index (κ2) is 6.94. The number of nitrogens with one attached hydrogen (secondary N) is 1. The number of hydrogen-bond acceptors (Lipinski definition) is 3. The minimum Gasteiger partial charge on any atom is -0.384 e. The molecule has 0 saturated carbocycles. The largest absolute Gasteiger partial charge is 0.384 e. The summed E-state index contributed by atoms with van der Waals surface area (Å²) < 4.78 is 0. The summed E-state index contributed by atoms with van der Waals surface area (Å²) in [6.45, 7) is 4.36. The molecule has 92 valence electrons. The van der Waals surface area contributed by atoms with Gasteiger partial charge in [-0.3, -0.25) is 0 Å². The molecule has 1 fully saturated rings. The van der Waals surface area contributed by atoms with Gasteiger partial charge in [0.05, 0.1) is 0 Å². The van der Waals surface area contributed by atoms with E-state index in [0.717, 1.165) is 13.1 Å². The topological polar surface area (TPSA) is 50.9 Å². The van der Waals surface area contributed by atoms with E-state index in [1.807, 2.05) is 12.3 Å². The summed E-state index contributed by atoms with van der Waals surface area (Å²) >= 11 is 0. The molecule has 1 aromatic heterocycles. The second-order valence-corrected chi connectivity index (χ2v) is 3.99. The van der Waals surface area contributed by atoms with Crippen LogP contribution in [-0.4, -0.2) is 18.1 Å². The van der Waals surface area contributed by atoms with Crippen molar-refractivity contribution >= 4 is 30.6 Å². The third-order valence-corrected chi connectivity index (χ3v) is 2.95. The average Bonchev–Trinajstić information content (AvgIpc) is 2.19. The van der Waals surface area contributed by atoms with Crippen molar-refractivity contribution in [3.63, 3.8) is 0 Å². The van der Waals surface area contributed by atoms with Gasteiger partial charge in [0.1, 0.15) is 5.82 Å². The fourth-order valence-electron chi connectivity index (χ4n) is 2.15. The number of aromatic nitrogens is 1. The molecular weight excluding hydrogens is 245 g/mol. The van der Waals surface area contributed by atoms with Crippen LogP contribution in [0.2, 0.25) is 0 Å². The van der Waals surface area contributed by atoms with Crippen LogP contribution < -0.4 is 11.1 Å². The van der Waals surface area contributed by atoms with Crippen molar-refractivity contribution in [2.45, 2.75) is 25.7 Å². The van der Waals surface area contributed by atoms with Crippen LogP contribution in [-0.2, 0) is 0 Å². The number of rotatable bonds is 1. The molecule has 3 nitrogen and oxygen atoms in total. The number of nitrogen functional groups attached to an aromatic ring is 1. The van der Waals surface area contributed by atoms with Crippen molar-refractivity contribution in [1.82, 2.24) is 10.3 Å². The van der Waals surface area contributed by atoms with E-state index in [1.54, 1.807) is 0 Å². The highest BCUT2D eigenvalue weighted by Crippen LogP contribution is 2.27. The third-order valence-electron chi connectivity index (χ3n) is 2.95. The van der Waals surface area contributed by atoms with Gasteiger partial charge in [-0.25, -0.2) is 4.98 Å². The Hall–Kier alpha value is -0.510. The maximum atomic E-state index is 5.63. The Morgan fingerprint density at radius 3 is 2.50 bits per heavy atom. The van der Waals surface area contributed by atoms with Gasteiger partial charge in [-0.2, -0.15) is 0 Å². The Morgan fingerprint density at radius 1 is 1.31 bits per heavy atom. The van der Waals surface area contributed by atoms with Gasteiger partial charge in [0.2, 0.25) is 0 Å². The monoisotopic (exact) mass is 263 g/mol. The van der Waals surface area contributed by atoms with Crippen LogP contribution in [0.25, 0.3) is 0 Å². The number of nitrogens with two attached hydrogens (primary N) is 1. The minimum absolute atomic E-state index is 0. The number of aryl methyl sites for hydroxylation is 1. The van der Waals surface area contributed by atoms with Gasteiger partial charge in [-0.15, -0.1) is 24.8 Å². The zero-order valence-electron chi connectivity index (χ0n) is 9.40. The third kappa shape index (κ3) is 3.51. The number of nitrogens with zero attached hydrogens (tertiary/aromatic N) is 1. The van der Waals surface area contributed by atoms with E-state index in [4.69, 9.17) is 5.73 Å². The zero-order valence-corrected chi connectivity index (χ0v) is 11.0. The molecule has 0 aliphatic carbocycles. The standard InChI is InChI=1S/C11H17N3.2ClH/c1-8-6-11(12)14-7-10(8)9-2-4-13-5-3-9;;/h6-7,9,13H,2-5H2,1H3,(H2,12,14);2*1H. The zero-order chi connectivity index (χ0) is 9.97. The van der Waals surface area contributed by atoms with Gasteiger partial charge in [0, 0.05) is 6.20 Å².